The summed E-state index contributed by atoms with van der Waals surface area (Å²) in [5.74, 6) is -1.49. The molecule has 4 nitrogen and oxygen atoms in total. The quantitative estimate of drug-likeness (QED) is 0.691. The summed E-state index contributed by atoms with van der Waals surface area (Å²) in [7, 11) is 0. The monoisotopic (exact) mass is 270 g/mol. The number of halogens is 2. The van der Waals surface area contributed by atoms with Crippen LogP contribution in [0.1, 0.15) is 0 Å². The van der Waals surface area contributed by atoms with Crippen molar-refractivity contribution in [3.63, 3.8) is 0 Å². The molecule has 0 unspecified atom stereocenters. The highest BCUT2D eigenvalue weighted by Crippen LogP contribution is 2.16. The molecule has 0 spiro atoms. The zero-order chi connectivity index (χ0) is 8.31. The van der Waals surface area contributed by atoms with E-state index < -0.39 is 11.8 Å². The van der Waals surface area contributed by atoms with Gasteiger partial charge in [0.15, 0.2) is 0 Å². The van der Waals surface area contributed by atoms with Gasteiger partial charge >= 0.3 is 0 Å². The number of primary amides is 2. The molecule has 0 rings (SSSR count). The normalized spacial score (nSPS) is 12.2. The first-order valence-corrected chi connectivity index (χ1v) is 3.70. The van der Waals surface area contributed by atoms with Gasteiger partial charge in [0.1, 0.15) is 8.96 Å². The van der Waals surface area contributed by atoms with Crippen LogP contribution in [0.3, 0.4) is 0 Å². The number of rotatable bonds is 2. The molecule has 2 amide bonds. The van der Waals surface area contributed by atoms with Crippen LogP contribution in [0.15, 0.2) is 8.96 Å². The van der Waals surface area contributed by atoms with Crippen LogP contribution >= 0.6 is 31.9 Å². The van der Waals surface area contributed by atoms with E-state index in [9.17, 15) is 9.59 Å². The SMILES string of the molecule is NC(=O)/C(Br)=C(\Br)C(N)=O. The highest BCUT2D eigenvalue weighted by molar-refractivity contribution is 9.14. The lowest BCUT2D eigenvalue weighted by Gasteiger charge is -1.93. The molecule has 10 heavy (non-hydrogen) atoms. The van der Waals surface area contributed by atoms with E-state index in [-0.39, 0.29) is 8.96 Å². The van der Waals surface area contributed by atoms with Crippen LogP contribution in [0.25, 0.3) is 0 Å². The zero-order valence-corrected chi connectivity index (χ0v) is 7.90. The first-order chi connectivity index (χ1) is 4.46. The molecule has 56 valence electrons. The standard InChI is InChI=1S/C4H4Br2N2O2/c5-1(3(7)9)2(6)4(8)10/h(H2,7,9)(H2,8,10)/b2-1+. The average molecular weight is 272 g/mol. The van der Waals surface area contributed by atoms with Gasteiger partial charge in [-0.05, 0) is 31.9 Å². The molecule has 0 aromatic rings. The van der Waals surface area contributed by atoms with Gasteiger partial charge in [-0.3, -0.25) is 9.59 Å². The summed E-state index contributed by atoms with van der Waals surface area (Å²) in [6.45, 7) is 0. The molecule has 6 heteroatoms. The van der Waals surface area contributed by atoms with Crippen molar-refractivity contribution in [2.24, 2.45) is 11.5 Å². The van der Waals surface area contributed by atoms with Gasteiger partial charge in [0.2, 0.25) is 0 Å². The number of nitrogens with two attached hydrogens (primary N) is 2. The van der Waals surface area contributed by atoms with Gasteiger partial charge in [-0.2, -0.15) is 0 Å². The van der Waals surface area contributed by atoms with Crippen LogP contribution in [-0.4, -0.2) is 11.8 Å². The Bertz CT molecular complexity index is 189. The summed E-state index contributed by atoms with van der Waals surface area (Å²) in [6.07, 6.45) is 0. The van der Waals surface area contributed by atoms with Gasteiger partial charge in [-0.1, -0.05) is 0 Å². The molecule has 0 aromatic heterocycles. The van der Waals surface area contributed by atoms with E-state index in [0.717, 1.165) is 0 Å². The molecule has 0 aromatic carbocycles. The molecule has 0 atom stereocenters. The van der Waals surface area contributed by atoms with Crippen molar-refractivity contribution in [3.05, 3.63) is 8.96 Å². The van der Waals surface area contributed by atoms with E-state index in [4.69, 9.17) is 11.5 Å². The minimum atomic E-state index is -0.745. The molecule has 0 heterocycles. The van der Waals surface area contributed by atoms with E-state index in [1.165, 1.54) is 0 Å². The fourth-order valence-corrected chi connectivity index (χ4v) is 0.607. The topological polar surface area (TPSA) is 86.2 Å². The summed E-state index contributed by atoms with van der Waals surface area (Å²) in [4.78, 5) is 20.6. The van der Waals surface area contributed by atoms with Gasteiger partial charge in [-0.25, -0.2) is 0 Å². The molecule has 0 aliphatic carbocycles. The summed E-state index contributed by atoms with van der Waals surface area (Å²) in [5, 5.41) is 0. The van der Waals surface area contributed by atoms with Gasteiger partial charge in [0, 0.05) is 0 Å². The molecular formula is C4H4Br2N2O2. The Balaban J connectivity index is 4.67. The minimum absolute atomic E-state index is 0.0556. The fraction of sp³-hybridized carbons (Fsp3) is 0. The van der Waals surface area contributed by atoms with E-state index in [2.05, 4.69) is 31.9 Å². The van der Waals surface area contributed by atoms with Crippen molar-refractivity contribution in [1.29, 1.82) is 0 Å². The van der Waals surface area contributed by atoms with Gasteiger partial charge < -0.3 is 11.5 Å². The summed E-state index contributed by atoms with van der Waals surface area (Å²) in [6, 6.07) is 0. The minimum Gasteiger partial charge on any atom is -0.365 e. The van der Waals surface area contributed by atoms with Gasteiger partial charge in [0.25, 0.3) is 11.8 Å². The Labute approximate surface area is 73.9 Å². The van der Waals surface area contributed by atoms with Crippen molar-refractivity contribution < 1.29 is 9.59 Å². The lowest BCUT2D eigenvalue weighted by atomic mass is 10.5. The molecule has 0 radical (unpaired) electrons. The Hall–Kier alpha value is -0.360. The Morgan fingerprint density at radius 2 is 1.10 bits per heavy atom. The second-order valence-electron chi connectivity index (χ2n) is 1.36. The van der Waals surface area contributed by atoms with Crippen LogP contribution in [0.4, 0.5) is 0 Å². The lowest BCUT2D eigenvalue weighted by molar-refractivity contribution is -0.116. The number of amides is 2. The van der Waals surface area contributed by atoms with E-state index in [0.29, 0.717) is 0 Å². The average Bonchev–Trinajstić information content (AvgIpc) is 1.84. The first kappa shape index (κ1) is 9.64. The largest absolute Gasteiger partial charge is 0.365 e. The van der Waals surface area contributed by atoms with E-state index >= 15 is 0 Å². The van der Waals surface area contributed by atoms with Crippen LogP contribution in [0.5, 0.6) is 0 Å². The molecule has 0 aliphatic heterocycles. The maximum absolute atomic E-state index is 10.3. The second-order valence-corrected chi connectivity index (χ2v) is 2.94. The van der Waals surface area contributed by atoms with Crippen molar-refractivity contribution in [1.82, 2.24) is 0 Å². The molecule has 0 fully saturated rings. The molecular weight excluding hydrogens is 268 g/mol. The lowest BCUT2D eigenvalue weighted by Crippen LogP contribution is -2.17. The predicted octanol–water partition coefficient (Wildman–Crippen LogP) is -0.0416. The fourth-order valence-electron chi connectivity index (χ4n) is 0.216. The summed E-state index contributed by atoms with van der Waals surface area (Å²) < 4.78 is -0.111. The van der Waals surface area contributed by atoms with Crippen molar-refractivity contribution in [3.8, 4) is 0 Å². The first-order valence-electron chi connectivity index (χ1n) is 2.11. The van der Waals surface area contributed by atoms with Gasteiger partial charge in [-0.15, -0.1) is 0 Å². The Morgan fingerprint density at radius 1 is 0.900 bits per heavy atom. The van der Waals surface area contributed by atoms with Crippen molar-refractivity contribution in [2.45, 2.75) is 0 Å². The van der Waals surface area contributed by atoms with E-state index in [1.54, 1.807) is 0 Å². The van der Waals surface area contributed by atoms with Crippen LogP contribution in [0, 0.1) is 0 Å². The third-order valence-electron chi connectivity index (χ3n) is 0.625. The third kappa shape index (κ3) is 2.49. The van der Waals surface area contributed by atoms with Crippen LogP contribution in [0.2, 0.25) is 0 Å². The molecule has 4 N–H and O–H groups in total. The maximum Gasteiger partial charge on any atom is 0.257 e. The van der Waals surface area contributed by atoms with Crippen LogP contribution < -0.4 is 11.5 Å². The highest BCUT2D eigenvalue weighted by Gasteiger charge is 2.10. The number of hydrogen-bond acceptors (Lipinski definition) is 2. The zero-order valence-electron chi connectivity index (χ0n) is 4.73. The molecule has 0 bridgehead atoms. The van der Waals surface area contributed by atoms with Crippen LogP contribution in [-0.2, 0) is 9.59 Å². The molecule has 0 saturated carbocycles. The number of carbonyl (C=O) groups excluding carboxylic acids is 2. The third-order valence-corrected chi connectivity index (χ3v) is 2.73. The highest BCUT2D eigenvalue weighted by atomic mass is 79.9. The van der Waals surface area contributed by atoms with Gasteiger partial charge in [0.05, 0.1) is 0 Å². The summed E-state index contributed by atoms with van der Waals surface area (Å²) in [5.41, 5.74) is 9.59. The Kier molecular flexibility index (Phi) is 3.59. The number of hydrogen-bond donors (Lipinski definition) is 2. The summed E-state index contributed by atoms with van der Waals surface area (Å²) >= 11 is 5.53. The second kappa shape index (κ2) is 3.72. The Morgan fingerprint density at radius 3 is 1.20 bits per heavy atom. The maximum atomic E-state index is 10.3. The molecule has 0 saturated heterocycles. The molecule has 0 aliphatic rings. The smallest absolute Gasteiger partial charge is 0.257 e. The van der Waals surface area contributed by atoms with Crippen molar-refractivity contribution >= 4 is 43.7 Å². The van der Waals surface area contributed by atoms with E-state index in [1.807, 2.05) is 0 Å². The predicted molar refractivity (Wildman–Crippen MR) is 43.3 cm³/mol. The number of carbonyl (C=O) groups is 2. The van der Waals surface area contributed by atoms with Crippen molar-refractivity contribution in [2.75, 3.05) is 0 Å².